The molecule has 0 spiro atoms. The molecule has 1 aromatic heterocycles. The summed E-state index contributed by atoms with van der Waals surface area (Å²) in [6.45, 7) is 2.43. The summed E-state index contributed by atoms with van der Waals surface area (Å²) in [5.41, 5.74) is 2.85. The van der Waals surface area contributed by atoms with Crippen LogP contribution in [0.15, 0.2) is 42.6 Å². The lowest BCUT2D eigenvalue weighted by atomic mass is 10.1. The molecule has 1 heterocycles. The monoisotopic (exact) mass is 270 g/mol. The summed E-state index contributed by atoms with van der Waals surface area (Å²) in [6, 6.07) is 11.5. The Hall–Kier alpha value is -2.36. The minimum absolute atomic E-state index is 0.0421. The molecule has 4 nitrogen and oxygen atoms in total. The molecule has 0 aliphatic heterocycles. The van der Waals surface area contributed by atoms with Gasteiger partial charge in [-0.25, -0.2) is 0 Å². The highest BCUT2D eigenvalue weighted by molar-refractivity contribution is 5.79. The van der Waals surface area contributed by atoms with Gasteiger partial charge in [0.05, 0.1) is 25.8 Å². The number of amides is 1. The van der Waals surface area contributed by atoms with Gasteiger partial charge in [-0.3, -0.25) is 9.78 Å². The Balaban J connectivity index is 1.96. The standard InChI is InChI=1S/C16H18N2O2/c1-12-6-7-15(20-2)13(9-12)10-16(19)18-11-14-5-3-4-8-17-14/h3-9H,10-11H2,1-2H3,(H,18,19). The van der Waals surface area contributed by atoms with Gasteiger partial charge in [0.2, 0.25) is 5.91 Å². The molecule has 0 aliphatic carbocycles. The first-order valence-electron chi connectivity index (χ1n) is 6.49. The summed E-state index contributed by atoms with van der Waals surface area (Å²) in [5, 5.41) is 2.86. The summed E-state index contributed by atoms with van der Waals surface area (Å²) in [5.74, 6) is 0.697. The lowest BCUT2D eigenvalue weighted by Gasteiger charge is -2.10. The molecule has 0 fully saturated rings. The Morgan fingerprint density at radius 2 is 2.15 bits per heavy atom. The molecule has 1 N–H and O–H groups in total. The van der Waals surface area contributed by atoms with E-state index < -0.39 is 0 Å². The molecule has 2 rings (SSSR count). The van der Waals surface area contributed by atoms with Gasteiger partial charge in [0.25, 0.3) is 0 Å². The number of aromatic nitrogens is 1. The zero-order valence-corrected chi connectivity index (χ0v) is 11.7. The van der Waals surface area contributed by atoms with E-state index >= 15 is 0 Å². The van der Waals surface area contributed by atoms with E-state index in [2.05, 4.69) is 10.3 Å². The van der Waals surface area contributed by atoms with Gasteiger partial charge >= 0.3 is 0 Å². The number of carbonyl (C=O) groups is 1. The molecule has 0 aliphatic rings. The Labute approximate surface area is 118 Å². The minimum atomic E-state index is -0.0421. The second-order valence-electron chi connectivity index (χ2n) is 4.59. The molecular formula is C16H18N2O2. The molecular weight excluding hydrogens is 252 g/mol. The Morgan fingerprint density at radius 3 is 2.85 bits per heavy atom. The molecule has 0 saturated carbocycles. The number of nitrogens with one attached hydrogen (secondary N) is 1. The van der Waals surface area contributed by atoms with Crippen molar-refractivity contribution in [3.05, 3.63) is 59.4 Å². The maximum absolute atomic E-state index is 12.0. The molecule has 2 aromatic rings. The molecule has 20 heavy (non-hydrogen) atoms. The van der Waals surface area contributed by atoms with Crippen LogP contribution >= 0.6 is 0 Å². The van der Waals surface area contributed by atoms with Crippen molar-refractivity contribution in [2.24, 2.45) is 0 Å². The van der Waals surface area contributed by atoms with Crippen LogP contribution in [-0.4, -0.2) is 18.0 Å². The van der Waals surface area contributed by atoms with Gasteiger partial charge in [-0.2, -0.15) is 0 Å². The molecule has 0 radical (unpaired) electrons. The fourth-order valence-corrected chi connectivity index (χ4v) is 1.97. The normalized spacial score (nSPS) is 10.1. The SMILES string of the molecule is COc1ccc(C)cc1CC(=O)NCc1ccccn1. The number of pyridine rings is 1. The summed E-state index contributed by atoms with van der Waals surface area (Å²) in [7, 11) is 1.61. The predicted molar refractivity (Wildman–Crippen MR) is 77.5 cm³/mol. The summed E-state index contributed by atoms with van der Waals surface area (Å²) >= 11 is 0. The van der Waals surface area contributed by atoms with E-state index in [-0.39, 0.29) is 5.91 Å². The number of carbonyl (C=O) groups excluding carboxylic acids is 1. The van der Waals surface area contributed by atoms with E-state index in [1.807, 2.05) is 43.3 Å². The van der Waals surface area contributed by atoms with Gasteiger partial charge in [-0.05, 0) is 25.1 Å². The summed E-state index contributed by atoms with van der Waals surface area (Å²) in [4.78, 5) is 16.1. The van der Waals surface area contributed by atoms with Crippen molar-refractivity contribution >= 4 is 5.91 Å². The first-order valence-corrected chi connectivity index (χ1v) is 6.49. The first kappa shape index (κ1) is 14.1. The van der Waals surface area contributed by atoms with Crippen molar-refractivity contribution in [3.63, 3.8) is 0 Å². The number of hydrogen-bond acceptors (Lipinski definition) is 3. The third-order valence-corrected chi connectivity index (χ3v) is 2.98. The molecule has 1 amide bonds. The maximum Gasteiger partial charge on any atom is 0.224 e. The van der Waals surface area contributed by atoms with Crippen LogP contribution in [0.4, 0.5) is 0 Å². The van der Waals surface area contributed by atoms with E-state index in [9.17, 15) is 4.79 Å². The predicted octanol–water partition coefficient (Wildman–Crippen LogP) is 2.26. The zero-order chi connectivity index (χ0) is 14.4. The number of rotatable bonds is 5. The molecule has 0 atom stereocenters. The van der Waals surface area contributed by atoms with Gasteiger partial charge in [-0.1, -0.05) is 23.8 Å². The van der Waals surface area contributed by atoms with Gasteiger partial charge in [-0.15, -0.1) is 0 Å². The van der Waals surface area contributed by atoms with Crippen molar-refractivity contribution in [2.45, 2.75) is 19.9 Å². The highest BCUT2D eigenvalue weighted by atomic mass is 16.5. The van der Waals surface area contributed by atoms with Gasteiger partial charge in [0.1, 0.15) is 5.75 Å². The molecule has 1 aromatic carbocycles. The molecule has 0 unspecified atom stereocenters. The lowest BCUT2D eigenvalue weighted by Crippen LogP contribution is -2.25. The molecule has 0 saturated heterocycles. The second kappa shape index (κ2) is 6.70. The largest absolute Gasteiger partial charge is 0.496 e. The van der Waals surface area contributed by atoms with Crippen LogP contribution in [0.2, 0.25) is 0 Å². The van der Waals surface area contributed by atoms with Gasteiger partial charge in [0, 0.05) is 11.8 Å². The van der Waals surface area contributed by atoms with Crippen molar-refractivity contribution in [3.8, 4) is 5.75 Å². The number of hydrogen-bond donors (Lipinski definition) is 1. The van der Waals surface area contributed by atoms with Crippen LogP contribution in [0.1, 0.15) is 16.8 Å². The van der Waals surface area contributed by atoms with E-state index in [1.54, 1.807) is 13.3 Å². The Morgan fingerprint density at radius 1 is 1.30 bits per heavy atom. The molecule has 4 heteroatoms. The van der Waals surface area contributed by atoms with E-state index in [0.717, 1.165) is 22.6 Å². The van der Waals surface area contributed by atoms with E-state index in [4.69, 9.17) is 4.74 Å². The average Bonchev–Trinajstić information content (AvgIpc) is 2.46. The third-order valence-electron chi connectivity index (χ3n) is 2.98. The average molecular weight is 270 g/mol. The Kier molecular flexibility index (Phi) is 4.71. The summed E-state index contributed by atoms with van der Waals surface area (Å²) < 4.78 is 5.27. The smallest absolute Gasteiger partial charge is 0.224 e. The number of aryl methyl sites for hydroxylation is 1. The van der Waals surface area contributed by atoms with Crippen molar-refractivity contribution < 1.29 is 9.53 Å². The number of benzene rings is 1. The van der Waals surface area contributed by atoms with Crippen molar-refractivity contribution in [1.29, 1.82) is 0 Å². The van der Waals surface area contributed by atoms with Crippen LogP contribution in [0.25, 0.3) is 0 Å². The quantitative estimate of drug-likeness (QED) is 0.906. The first-order chi connectivity index (χ1) is 9.69. The Bertz CT molecular complexity index is 582. The fraction of sp³-hybridized carbons (Fsp3) is 0.250. The van der Waals surface area contributed by atoms with Gasteiger partial charge in [0.15, 0.2) is 0 Å². The van der Waals surface area contributed by atoms with E-state index in [0.29, 0.717) is 13.0 Å². The number of nitrogens with zero attached hydrogens (tertiary/aromatic N) is 1. The molecule has 0 bridgehead atoms. The van der Waals surface area contributed by atoms with Crippen LogP contribution in [0, 0.1) is 6.92 Å². The highest BCUT2D eigenvalue weighted by Gasteiger charge is 2.09. The number of ether oxygens (including phenoxy) is 1. The minimum Gasteiger partial charge on any atom is -0.496 e. The van der Waals surface area contributed by atoms with Crippen LogP contribution < -0.4 is 10.1 Å². The fourth-order valence-electron chi connectivity index (χ4n) is 1.97. The number of methoxy groups -OCH3 is 1. The zero-order valence-electron chi connectivity index (χ0n) is 11.7. The van der Waals surface area contributed by atoms with Crippen molar-refractivity contribution in [2.75, 3.05) is 7.11 Å². The highest BCUT2D eigenvalue weighted by Crippen LogP contribution is 2.20. The third kappa shape index (κ3) is 3.82. The van der Waals surface area contributed by atoms with Crippen LogP contribution in [0.3, 0.4) is 0 Å². The van der Waals surface area contributed by atoms with Crippen LogP contribution in [-0.2, 0) is 17.8 Å². The van der Waals surface area contributed by atoms with Gasteiger partial charge < -0.3 is 10.1 Å². The van der Waals surface area contributed by atoms with Crippen molar-refractivity contribution in [1.82, 2.24) is 10.3 Å². The van der Waals surface area contributed by atoms with Crippen LogP contribution in [0.5, 0.6) is 5.75 Å². The molecule has 104 valence electrons. The lowest BCUT2D eigenvalue weighted by molar-refractivity contribution is -0.120. The van der Waals surface area contributed by atoms with E-state index in [1.165, 1.54) is 0 Å². The summed E-state index contributed by atoms with van der Waals surface area (Å²) in [6.07, 6.45) is 2.02. The topological polar surface area (TPSA) is 51.2 Å². The second-order valence-corrected chi connectivity index (χ2v) is 4.59. The maximum atomic E-state index is 12.0.